The number of thiophene rings is 1. The summed E-state index contributed by atoms with van der Waals surface area (Å²) < 4.78 is 1.21. The van der Waals surface area contributed by atoms with Gasteiger partial charge in [0.05, 0.1) is 3.79 Å². The van der Waals surface area contributed by atoms with Gasteiger partial charge in [0.2, 0.25) is 0 Å². The molecule has 0 fully saturated rings. The standard InChI is InChI=1S/C18H24BrNS/c1-5-6-20-17(15-9-18(19)21-11-15)10-16-13(3)7-12(2)8-14(16)4/h7-9,11,17,20H,5-6,10H2,1-4H3. The van der Waals surface area contributed by atoms with Gasteiger partial charge in [-0.25, -0.2) is 0 Å². The molecule has 21 heavy (non-hydrogen) atoms. The largest absolute Gasteiger partial charge is 0.310 e. The smallest absolute Gasteiger partial charge is 0.0701 e. The molecule has 1 nitrogen and oxygen atoms in total. The van der Waals surface area contributed by atoms with Crippen molar-refractivity contribution in [2.45, 2.75) is 46.6 Å². The summed E-state index contributed by atoms with van der Waals surface area (Å²) in [5.41, 5.74) is 7.04. The van der Waals surface area contributed by atoms with E-state index in [4.69, 9.17) is 0 Å². The van der Waals surface area contributed by atoms with E-state index >= 15 is 0 Å². The Morgan fingerprint density at radius 3 is 2.33 bits per heavy atom. The summed E-state index contributed by atoms with van der Waals surface area (Å²) in [4.78, 5) is 0. The number of halogens is 1. The first kappa shape index (κ1) is 16.7. The summed E-state index contributed by atoms with van der Waals surface area (Å²) in [5.74, 6) is 0. The SMILES string of the molecule is CCCNC(Cc1c(C)cc(C)cc1C)c1csc(Br)c1. The highest BCUT2D eigenvalue weighted by Crippen LogP contribution is 2.29. The Bertz CT molecular complexity index is 580. The molecule has 1 atom stereocenters. The molecule has 114 valence electrons. The minimum Gasteiger partial charge on any atom is -0.310 e. The second-order valence-corrected chi connectivity index (χ2v) is 8.06. The fourth-order valence-corrected chi connectivity index (χ4v) is 4.10. The van der Waals surface area contributed by atoms with Gasteiger partial charge < -0.3 is 5.32 Å². The Labute approximate surface area is 140 Å². The van der Waals surface area contributed by atoms with E-state index in [-0.39, 0.29) is 0 Å². The van der Waals surface area contributed by atoms with Crippen molar-refractivity contribution in [2.24, 2.45) is 0 Å². The van der Waals surface area contributed by atoms with Crippen LogP contribution in [0.2, 0.25) is 0 Å². The molecule has 2 rings (SSSR count). The molecule has 1 N–H and O–H groups in total. The van der Waals surface area contributed by atoms with Crippen LogP contribution in [0.1, 0.15) is 47.2 Å². The fraction of sp³-hybridized carbons (Fsp3) is 0.444. The summed E-state index contributed by atoms with van der Waals surface area (Å²) in [5, 5.41) is 5.96. The van der Waals surface area contributed by atoms with Crippen molar-refractivity contribution < 1.29 is 0 Å². The van der Waals surface area contributed by atoms with Crippen LogP contribution in [0.4, 0.5) is 0 Å². The van der Waals surface area contributed by atoms with Gasteiger partial charge in [0.15, 0.2) is 0 Å². The molecule has 0 radical (unpaired) electrons. The molecule has 2 aromatic rings. The molecule has 0 bridgehead atoms. The second-order valence-electron chi connectivity index (χ2n) is 5.77. The van der Waals surface area contributed by atoms with Crippen molar-refractivity contribution >= 4 is 27.3 Å². The van der Waals surface area contributed by atoms with Gasteiger partial charge in [-0.05, 0) is 89.8 Å². The Kier molecular flexibility index (Phi) is 6.03. The first-order valence-electron chi connectivity index (χ1n) is 7.55. The van der Waals surface area contributed by atoms with Crippen molar-refractivity contribution in [3.05, 3.63) is 55.2 Å². The first-order valence-corrected chi connectivity index (χ1v) is 9.22. The van der Waals surface area contributed by atoms with Crippen LogP contribution in [0.3, 0.4) is 0 Å². The lowest BCUT2D eigenvalue weighted by Gasteiger charge is -2.21. The molecule has 0 aliphatic carbocycles. The molecule has 0 aliphatic heterocycles. The van der Waals surface area contributed by atoms with E-state index in [0.717, 1.165) is 19.4 Å². The highest BCUT2D eigenvalue weighted by Gasteiger charge is 2.16. The summed E-state index contributed by atoms with van der Waals surface area (Å²) in [6, 6.07) is 7.23. The van der Waals surface area contributed by atoms with Crippen LogP contribution < -0.4 is 5.32 Å². The van der Waals surface area contributed by atoms with Crippen LogP contribution in [0, 0.1) is 20.8 Å². The normalized spacial score (nSPS) is 12.6. The molecule has 0 amide bonds. The number of rotatable bonds is 6. The van der Waals surface area contributed by atoms with Gasteiger partial charge >= 0.3 is 0 Å². The van der Waals surface area contributed by atoms with Crippen LogP contribution >= 0.6 is 27.3 Å². The lowest BCUT2D eigenvalue weighted by atomic mass is 9.92. The van der Waals surface area contributed by atoms with Crippen LogP contribution in [-0.4, -0.2) is 6.54 Å². The van der Waals surface area contributed by atoms with Crippen molar-refractivity contribution in [2.75, 3.05) is 6.54 Å². The highest BCUT2D eigenvalue weighted by molar-refractivity contribution is 9.11. The molecule has 0 saturated heterocycles. The highest BCUT2D eigenvalue weighted by atomic mass is 79.9. The van der Waals surface area contributed by atoms with Crippen molar-refractivity contribution in [3.63, 3.8) is 0 Å². The predicted octanol–water partition coefficient (Wildman–Crippen LogP) is 5.72. The predicted molar refractivity (Wildman–Crippen MR) is 97.4 cm³/mol. The van der Waals surface area contributed by atoms with Gasteiger partial charge in [0.1, 0.15) is 0 Å². The van der Waals surface area contributed by atoms with Crippen LogP contribution in [0.25, 0.3) is 0 Å². The fourth-order valence-electron chi connectivity index (χ4n) is 2.87. The van der Waals surface area contributed by atoms with E-state index < -0.39 is 0 Å². The average Bonchev–Trinajstić information content (AvgIpc) is 2.83. The number of hydrogen-bond donors (Lipinski definition) is 1. The second kappa shape index (κ2) is 7.57. The van der Waals surface area contributed by atoms with E-state index in [9.17, 15) is 0 Å². The third kappa shape index (κ3) is 4.41. The quantitative estimate of drug-likeness (QED) is 0.690. The number of hydrogen-bond acceptors (Lipinski definition) is 2. The van der Waals surface area contributed by atoms with Gasteiger partial charge in [-0.2, -0.15) is 0 Å². The summed E-state index contributed by atoms with van der Waals surface area (Å²) in [7, 11) is 0. The molecule has 0 saturated carbocycles. The Morgan fingerprint density at radius 2 is 1.81 bits per heavy atom. The molecular weight excluding hydrogens is 342 g/mol. The number of aryl methyl sites for hydroxylation is 3. The number of nitrogens with one attached hydrogen (secondary N) is 1. The van der Waals surface area contributed by atoms with Crippen molar-refractivity contribution in [3.8, 4) is 0 Å². The van der Waals surface area contributed by atoms with Crippen molar-refractivity contribution in [1.29, 1.82) is 0 Å². The lowest BCUT2D eigenvalue weighted by molar-refractivity contribution is 0.528. The minimum absolute atomic E-state index is 0.396. The van der Waals surface area contributed by atoms with Gasteiger partial charge in [-0.15, -0.1) is 11.3 Å². The zero-order valence-electron chi connectivity index (χ0n) is 13.3. The van der Waals surface area contributed by atoms with E-state index in [1.165, 1.54) is 31.6 Å². The topological polar surface area (TPSA) is 12.0 Å². The molecule has 3 heteroatoms. The van der Waals surface area contributed by atoms with Gasteiger partial charge in [-0.3, -0.25) is 0 Å². The Balaban J connectivity index is 2.27. The van der Waals surface area contributed by atoms with E-state index in [2.05, 4.69) is 72.5 Å². The van der Waals surface area contributed by atoms with Gasteiger partial charge in [-0.1, -0.05) is 24.6 Å². The zero-order valence-corrected chi connectivity index (χ0v) is 15.7. The Hall–Kier alpha value is -0.640. The molecule has 0 spiro atoms. The maximum Gasteiger partial charge on any atom is 0.0701 e. The van der Waals surface area contributed by atoms with Crippen LogP contribution in [0.5, 0.6) is 0 Å². The van der Waals surface area contributed by atoms with Crippen LogP contribution in [-0.2, 0) is 6.42 Å². The van der Waals surface area contributed by atoms with E-state index in [0.29, 0.717) is 6.04 Å². The third-order valence-electron chi connectivity index (χ3n) is 3.88. The summed E-state index contributed by atoms with van der Waals surface area (Å²) >= 11 is 5.35. The Morgan fingerprint density at radius 1 is 1.14 bits per heavy atom. The summed E-state index contributed by atoms with van der Waals surface area (Å²) in [6.45, 7) is 9.91. The van der Waals surface area contributed by atoms with E-state index in [1.54, 1.807) is 11.3 Å². The van der Waals surface area contributed by atoms with Gasteiger partial charge in [0, 0.05) is 6.04 Å². The minimum atomic E-state index is 0.396. The first-order chi connectivity index (χ1) is 10.0. The molecule has 1 aromatic heterocycles. The maximum atomic E-state index is 3.70. The molecular formula is C18H24BrNS. The third-order valence-corrected chi connectivity index (χ3v) is 5.40. The molecule has 1 aromatic carbocycles. The average molecular weight is 366 g/mol. The monoisotopic (exact) mass is 365 g/mol. The molecule has 0 aliphatic rings. The van der Waals surface area contributed by atoms with Crippen molar-refractivity contribution in [1.82, 2.24) is 5.32 Å². The maximum absolute atomic E-state index is 3.70. The van der Waals surface area contributed by atoms with E-state index in [1.807, 2.05) is 0 Å². The zero-order chi connectivity index (χ0) is 15.4. The summed E-state index contributed by atoms with van der Waals surface area (Å²) in [6.07, 6.45) is 2.22. The van der Waals surface area contributed by atoms with Crippen LogP contribution in [0.15, 0.2) is 27.4 Å². The molecule has 1 heterocycles. The van der Waals surface area contributed by atoms with Gasteiger partial charge in [0.25, 0.3) is 0 Å². The molecule has 1 unspecified atom stereocenters. The number of benzene rings is 1. The lowest BCUT2D eigenvalue weighted by Crippen LogP contribution is -2.24.